The Morgan fingerprint density at radius 2 is 1.36 bits per heavy atom. The maximum absolute atomic E-state index is 8.47. The minimum absolute atomic E-state index is 0.377. The summed E-state index contributed by atoms with van der Waals surface area (Å²) in [6.45, 7) is 3.22. The van der Waals surface area contributed by atoms with E-state index in [1.807, 2.05) is 0 Å². The Bertz CT molecular complexity index is 332. The molecule has 6 heteroatoms. The molecule has 0 spiro atoms. The van der Waals surface area contributed by atoms with Crippen LogP contribution in [0.5, 0.6) is 0 Å². The second-order valence-electron chi connectivity index (χ2n) is 2.67. The van der Waals surface area contributed by atoms with Gasteiger partial charge in [0.05, 0.1) is 0 Å². The third kappa shape index (κ3) is 2.03. The van der Waals surface area contributed by atoms with Crippen LogP contribution in [0.15, 0.2) is 22.4 Å². The van der Waals surface area contributed by atoms with Crippen LogP contribution in [-0.2, 0) is 0 Å². The summed E-state index contributed by atoms with van der Waals surface area (Å²) in [5.41, 5.74) is 1.70. The molecule has 1 aromatic heterocycles. The molecule has 14 heavy (non-hydrogen) atoms. The van der Waals surface area contributed by atoms with Gasteiger partial charge in [-0.2, -0.15) is 0 Å². The number of oxime groups is 2. The van der Waals surface area contributed by atoms with Crippen molar-refractivity contribution in [1.29, 1.82) is 0 Å². The molecule has 1 heterocycles. The molecule has 6 nitrogen and oxygen atoms in total. The molecule has 0 atom stereocenters. The molecular formula is C8H10N4O2. The lowest BCUT2D eigenvalue weighted by Crippen LogP contribution is -2.05. The number of hydrogen-bond acceptors (Lipinski definition) is 6. The molecule has 0 aromatic carbocycles. The largest absolute Gasteiger partial charge is 0.411 e. The van der Waals surface area contributed by atoms with Gasteiger partial charge in [0.15, 0.2) is 0 Å². The monoisotopic (exact) mass is 194 g/mol. The fourth-order valence-corrected chi connectivity index (χ4v) is 0.821. The molecule has 0 saturated carbocycles. The van der Waals surface area contributed by atoms with E-state index in [4.69, 9.17) is 10.4 Å². The smallest absolute Gasteiger partial charge is 0.110 e. The van der Waals surface area contributed by atoms with Gasteiger partial charge in [-0.25, -0.2) is 0 Å². The fraction of sp³-hybridized carbons (Fsp3) is 0.250. The third-order valence-electron chi connectivity index (χ3n) is 1.71. The molecular weight excluding hydrogens is 184 g/mol. The van der Waals surface area contributed by atoms with Gasteiger partial charge in [0.1, 0.15) is 22.8 Å². The molecule has 0 fully saturated rings. The van der Waals surface area contributed by atoms with E-state index in [1.54, 1.807) is 26.0 Å². The van der Waals surface area contributed by atoms with Crippen LogP contribution in [0.4, 0.5) is 0 Å². The van der Waals surface area contributed by atoms with Gasteiger partial charge < -0.3 is 10.4 Å². The molecule has 0 aliphatic rings. The highest BCUT2D eigenvalue weighted by atomic mass is 16.4. The normalized spacial score (nSPS) is 13.0. The third-order valence-corrected chi connectivity index (χ3v) is 1.71. The van der Waals surface area contributed by atoms with Crippen LogP contribution in [-0.4, -0.2) is 32.0 Å². The molecule has 74 valence electrons. The van der Waals surface area contributed by atoms with E-state index in [0.717, 1.165) is 0 Å². The zero-order valence-electron chi connectivity index (χ0n) is 7.84. The zero-order valence-corrected chi connectivity index (χ0v) is 7.84. The van der Waals surface area contributed by atoms with E-state index in [-0.39, 0.29) is 0 Å². The van der Waals surface area contributed by atoms with Crippen LogP contribution >= 0.6 is 0 Å². The highest BCUT2D eigenvalue weighted by Gasteiger charge is 2.03. The Labute approximate surface area is 80.6 Å². The Hall–Kier alpha value is -1.98. The summed E-state index contributed by atoms with van der Waals surface area (Å²) in [4.78, 5) is 0. The predicted octanol–water partition coefficient (Wildman–Crippen LogP) is 0.873. The summed E-state index contributed by atoms with van der Waals surface area (Å²) in [7, 11) is 0. The molecule has 0 aliphatic heterocycles. The predicted molar refractivity (Wildman–Crippen MR) is 50.0 cm³/mol. The van der Waals surface area contributed by atoms with Crippen molar-refractivity contribution in [2.75, 3.05) is 0 Å². The van der Waals surface area contributed by atoms with Crippen molar-refractivity contribution < 1.29 is 10.4 Å². The van der Waals surface area contributed by atoms with Crippen molar-refractivity contribution in [2.24, 2.45) is 10.3 Å². The first-order chi connectivity index (χ1) is 6.69. The van der Waals surface area contributed by atoms with Gasteiger partial charge in [-0.1, -0.05) is 10.3 Å². The van der Waals surface area contributed by atoms with Crippen molar-refractivity contribution >= 4 is 11.4 Å². The molecule has 0 aliphatic carbocycles. The molecule has 1 aromatic rings. The van der Waals surface area contributed by atoms with E-state index in [9.17, 15) is 0 Å². The highest BCUT2D eigenvalue weighted by molar-refractivity contribution is 5.98. The summed E-state index contributed by atoms with van der Waals surface area (Å²) in [6, 6.07) is 3.26. The van der Waals surface area contributed by atoms with Crippen molar-refractivity contribution in [3.63, 3.8) is 0 Å². The minimum atomic E-state index is 0.377. The highest BCUT2D eigenvalue weighted by Crippen LogP contribution is 1.99. The SMILES string of the molecule is CC(=NO)c1ccc(C(C)=NO)nn1. The van der Waals surface area contributed by atoms with Gasteiger partial charge in [-0.05, 0) is 26.0 Å². The van der Waals surface area contributed by atoms with Crippen LogP contribution in [0.25, 0.3) is 0 Å². The molecule has 0 bridgehead atoms. The average Bonchev–Trinajstić information content (AvgIpc) is 2.27. The number of aromatic nitrogens is 2. The maximum atomic E-state index is 8.47. The van der Waals surface area contributed by atoms with Gasteiger partial charge in [0.2, 0.25) is 0 Å². The van der Waals surface area contributed by atoms with Crippen LogP contribution in [0.3, 0.4) is 0 Å². The first-order valence-corrected chi connectivity index (χ1v) is 3.91. The van der Waals surface area contributed by atoms with Crippen LogP contribution in [0, 0.1) is 0 Å². The van der Waals surface area contributed by atoms with Crippen LogP contribution in [0.1, 0.15) is 25.2 Å². The first kappa shape index (κ1) is 10.1. The lowest BCUT2D eigenvalue weighted by atomic mass is 10.2. The van der Waals surface area contributed by atoms with Crippen molar-refractivity contribution in [3.8, 4) is 0 Å². The molecule has 0 radical (unpaired) electrons. The van der Waals surface area contributed by atoms with E-state index in [0.29, 0.717) is 22.8 Å². The molecule has 1 rings (SSSR count). The first-order valence-electron chi connectivity index (χ1n) is 3.91. The zero-order chi connectivity index (χ0) is 10.6. The lowest BCUT2D eigenvalue weighted by Gasteiger charge is -1.98. The van der Waals surface area contributed by atoms with E-state index >= 15 is 0 Å². The number of nitrogens with zero attached hydrogens (tertiary/aromatic N) is 4. The Morgan fingerprint density at radius 3 is 1.57 bits per heavy atom. The molecule has 0 unspecified atom stereocenters. The standard InChI is InChI=1S/C8H10N4O2/c1-5(11-13)7-3-4-8(10-9-7)6(2)12-14/h3-4,13-14H,1-2H3. The lowest BCUT2D eigenvalue weighted by molar-refractivity contribution is 0.318. The van der Waals surface area contributed by atoms with E-state index in [1.165, 1.54) is 0 Å². The summed E-state index contributed by atoms with van der Waals surface area (Å²) in [5.74, 6) is 0. The van der Waals surface area contributed by atoms with Gasteiger partial charge in [0.25, 0.3) is 0 Å². The van der Waals surface area contributed by atoms with Crippen LogP contribution in [0.2, 0.25) is 0 Å². The summed E-state index contributed by atoms with van der Waals surface area (Å²) < 4.78 is 0. The van der Waals surface area contributed by atoms with Crippen molar-refractivity contribution in [2.45, 2.75) is 13.8 Å². The van der Waals surface area contributed by atoms with Gasteiger partial charge in [-0.3, -0.25) is 0 Å². The molecule has 2 N–H and O–H groups in total. The van der Waals surface area contributed by atoms with Crippen LogP contribution < -0.4 is 0 Å². The Morgan fingerprint density at radius 1 is 1.00 bits per heavy atom. The fourth-order valence-electron chi connectivity index (χ4n) is 0.821. The summed E-state index contributed by atoms with van der Waals surface area (Å²) in [5, 5.41) is 30.5. The topological polar surface area (TPSA) is 91.0 Å². The Balaban J connectivity index is 3.01. The number of hydrogen-bond donors (Lipinski definition) is 2. The summed E-state index contributed by atoms with van der Waals surface area (Å²) >= 11 is 0. The second kappa shape index (κ2) is 4.31. The van der Waals surface area contributed by atoms with E-state index in [2.05, 4.69) is 20.5 Å². The Kier molecular flexibility index (Phi) is 3.11. The summed E-state index contributed by atoms with van der Waals surface area (Å²) in [6.07, 6.45) is 0. The molecule has 0 amide bonds. The van der Waals surface area contributed by atoms with E-state index < -0.39 is 0 Å². The number of rotatable bonds is 2. The quantitative estimate of drug-likeness (QED) is 0.415. The van der Waals surface area contributed by atoms with Gasteiger partial charge in [-0.15, -0.1) is 10.2 Å². The van der Waals surface area contributed by atoms with Crippen molar-refractivity contribution in [3.05, 3.63) is 23.5 Å². The molecule has 0 saturated heterocycles. The maximum Gasteiger partial charge on any atom is 0.110 e. The van der Waals surface area contributed by atoms with Crippen molar-refractivity contribution in [1.82, 2.24) is 10.2 Å². The minimum Gasteiger partial charge on any atom is -0.411 e. The second-order valence-corrected chi connectivity index (χ2v) is 2.67. The average molecular weight is 194 g/mol. The van der Waals surface area contributed by atoms with Gasteiger partial charge >= 0.3 is 0 Å². The van der Waals surface area contributed by atoms with Gasteiger partial charge in [0, 0.05) is 0 Å².